The first-order valence-electron chi connectivity index (χ1n) is 7.56. The number of nitrogens with zero attached hydrogens (tertiary/aromatic N) is 2. The van der Waals surface area contributed by atoms with Crippen LogP contribution in [0.1, 0.15) is 10.4 Å². The van der Waals surface area contributed by atoms with Crippen molar-refractivity contribution in [1.29, 1.82) is 0 Å². The number of nitrogens with one attached hydrogen (secondary N) is 1. The average molecular weight is 310 g/mol. The van der Waals surface area contributed by atoms with Crippen molar-refractivity contribution in [2.24, 2.45) is 0 Å². The number of quaternary nitrogens is 1. The molecule has 1 aromatic heterocycles. The topological polar surface area (TPSA) is 62.2 Å². The molecule has 2 N–H and O–H groups in total. The Hall–Kier alpha value is -2.50. The molecule has 0 saturated heterocycles. The number of carbonyl (C=O) groups excluding carboxylic acids is 1. The zero-order chi connectivity index (χ0) is 16.4. The lowest BCUT2D eigenvalue weighted by molar-refractivity contribution is -1.07. The lowest BCUT2D eigenvalue weighted by Crippen LogP contribution is -2.42. The number of aromatic nitrogens is 1. The van der Waals surface area contributed by atoms with Crippen LogP contribution in [0.25, 0.3) is 21.8 Å². The molecule has 0 radical (unpaired) electrons. The van der Waals surface area contributed by atoms with Crippen LogP contribution in [-0.2, 0) is 0 Å². The van der Waals surface area contributed by atoms with E-state index in [4.69, 9.17) is 0 Å². The van der Waals surface area contributed by atoms with Crippen molar-refractivity contribution < 1.29 is 14.6 Å². The van der Waals surface area contributed by atoms with Gasteiger partial charge in [-0.3, -0.25) is 4.79 Å². The van der Waals surface area contributed by atoms with E-state index in [9.17, 15) is 10.0 Å². The first kappa shape index (κ1) is 15.4. The maximum absolute atomic E-state index is 12.4. The Morgan fingerprint density at radius 2 is 1.87 bits per heavy atom. The summed E-state index contributed by atoms with van der Waals surface area (Å²) in [4.78, 5) is 17.1. The summed E-state index contributed by atoms with van der Waals surface area (Å²) >= 11 is 0. The van der Waals surface area contributed by atoms with E-state index in [1.807, 2.05) is 42.5 Å². The smallest absolute Gasteiger partial charge is 0.253 e. The van der Waals surface area contributed by atoms with Crippen LogP contribution >= 0.6 is 0 Å². The van der Waals surface area contributed by atoms with Gasteiger partial charge in [-0.25, -0.2) is 10.2 Å². The number of rotatable bonds is 4. The summed E-state index contributed by atoms with van der Waals surface area (Å²) in [5, 5.41) is 14.5. The minimum Gasteiger partial charge on any atom is -0.346 e. The monoisotopic (exact) mass is 310 g/mol. The number of para-hydroxylation sites is 2. The molecule has 0 spiro atoms. The molecule has 1 heterocycles. The fourth-order valence-electron chi connectivity index (χ4n) is 2.52. The van der Waals surface area contributed by atoms with Crippen molar-refractivity contribution in [3.05, 3.63) is 54.1 Å². The van der Waals surface area contributed by atoms with E-state index >= 15 is 0 Å². The standard InChI is InChI=1S/C18H19N3O2/c1-21(2,23)11-10-19-18(22)15-8-5-7-14-12-13-6-3-4-9-16(13)20-17(14)15/h3-9,12,23H,10-11H2,1-2H3/p+1. The third-order valence-electron chi connectivity index (χ3n) is 3.74. The van der Waals surface area contributed by atoms with E-state index in [1.165, 1.54) is 0 Å². The molecule has 5 heteroatoms. The Morgan fingerprint density at radius 1 is 1.13 bits per heavy atom. The number of hydroxylamine groups is 3. The fraction of sp³-hybridized carbons (Fsp3) is 0.222. The molecular formula is C18H20N3O2+. The molecule has 2 aromatic carbocycles. The molecule has 0 aliphatic carbocycles. The van der Waals surface area contributed by atoms with Gasteiger partial charge >= 0.3 is 0 Å². The number of pyridine rings is 1. The Morgan fingerprint density at radius 3 is 2.65 bits per heavy atom. The van der Waals surface area contributed by atoms with Gasteiger partial charge in [0.2, 0.25) is 0 Å². The predicted molar refractivity (Wildman–Crippen MR) is 90.3 cm³/mol. The third kappa shape index (κ3) is 3.47. The largest absolute Gasteiger partial charge is 0.346 e. The summed E-state index contributed by atoms with van der Waals surface area (Å²) < 4.78 is -0.182. The number of benzene rings is 2. The molecule has 0 atom stereocenters. The van der Waals surface area contributed by atoms with Crippen molar-refractivity contribution in [2.45, 2.75) is 0 Å². The highest BCUT2D eigenvalue weighted by molar-refractivity contribution is 6.07. The van der Waals surface area contributed by atoms with E-state index in [1.54, 1.807) is 20.2 Å². The second kappa shape index (κ2) is 5.95. The highest BCUT2D eigenvalue weighted by Gasteiger charge is 2.14. The lowest BCUT2D eigenvalue weighted by atomic mass is 10.1. The summed E-state index contributed by atoms with van der Waals surface area (Å²) in [6.45, 7) is 0.833. The normalized spacial score (nSPS) is 11.8. The van der Waals surface area contributed by atoms with Crippen LogP contribution in [0.15, 0.2) is 48.5 Å². The number of likely N-dealkylation sites (N-methyl/N-ethyl adjacent to an activating group) is 1. The quantitative estimate of drug-likeness (QED) is 0.442. The van der Waals surface area contributed by atoms with Crippen LogP contribution in [0.4, 0.5) is 0 Å². The number of amides is 1. The zero-order valence-corrected chi connectivity index (χ0v) is 13.3. The number of carbonyl (C=O) groups is 1. The molecular weight excluding hydrogens is 290 g/mol. The van der Waals surface area contributed by atoms with Crippen LogP contribution < -0.4 is 5.32 Å². The Balaban J connectivity index is 1.94. The minimum atomic E-state index is -0.182. The summed E-state index contributed by atoms with van der Waals surface area (Å²) in [5.41, 5.74) is 2.12. The van der Waals surface area contributed by atoms with Gasteiger partial charge < -0.3 is 5.32 Å². The van der Waals surface area contributed by atoms with E-state index in [-0.39, 0.29) is 10.6 Å². The van der Waals surface area contributed by atoms with Crippen molar-refractivity contribution in [2.75, 3.05) is 27.2 Å². The first-order chi connectivity index (χ1) is 10.9. The van der Waals surface area contributed by atoms with Crippen molar-refractivity contribution >= 4 is 27.7 Å². The molecule has 0 unspecified atom stereocenters. The molecule has 3 rings (SSSR count). The van der Waals surface area contributed by atoms with Crippen LogP contribution in [0.2, 0.25) is 0 Å². The molecule has 1 amide bonds. The Labute approximate surface area is 134 Å². The fourth-order valence-corrected chi connectivity index (χ4v) is 2.52. The van der Waals surface area contributed by atoms with Crippen molar-refractivity contribution in [3.8, 4) is 0 Å². The third-order valence-corrected chi connectivity index (χ3v) is 3.74. The molecule has 118 valence electrons. The Bertz CT molecular complexity index is 869. The highest BCUT2D eigenvalue weighted by Crippen LogP contribution is 2.22. The minimum absolute atomic E-state index is 0.174. The van der Waals surface area contributed by atoms with Crippen LogP contribution in [0.5, 0.6) is 0 Å². The first-order valence-corrected chi connectivity index (χ1v) is 7.56. The van der Waals surface area contributed by atoms with E-state index in [0.29, 0.717) is 24.2 Å². The van der Waals surface area contributed by atoms with Gasteiger partial charge in [-0.1, -0.05) is 30.3 Å². The zero-order valence-electron chi connectivity index (χ0n) is 13.3. The van der Waals surface area contributed by atoms with Gasteiger partial charge in [0.15, 0.2) is 0 Å². The van der Waals surface area contributed by atoms with Gasteiger partial charge in [-0.2, -0.15) is 4.65 Å². The van der Waals surface area contributed by atoms with E-state index in [0.717, 1.165) is 16.3 Å². The second-order valence-electron chi connectivity index (χ2n) is 6.16. The van der Waals surface area contributed by atoms with Crippen LogP contribution in [-0.4, -0.2) is 47.9 Å². The molecule has 5 nitrogen and oxygen atoms in total. The highest BCUT2D eigenvalue weighted by atomic mass is 16.5. The maximum atomic E-state index is 12.4. The molecule has 0 aliphatic rings. The van der Waals surface area contributed by atoms with Gasteiger partial charge in [0.25, 0.3) is 5.91 Å². The van der Waals surface area contributed by atoms with E-state index < -0.39 is 0 Å². The molecule has 0 aliphatic heterocycles. The van der Waals surface area contributed by atoms with Gasteiger partial charge in [-0.05, 0) is 18.2 Å². The predicted octanol–water partition coefficient (Wildman–Crippen LogP) is 2.58. The van der Waals surface area contributed by atoms with Crippen LogP contribution in [0.3, 0.4) is 0 Å². The van der Waals surface area contributed by atoms with Crippen LogP contribution in [0, 0.1) is 0 Å². The van der Waals surface area contributed by atoms with Gasteiger partial charge in [0.1, 0.15) is 6.54 Å². The van der Waals surface area contributed by atoms with Gasteiger partial charge in [-0.15, -0.1) is 0 Å². The Kier molecular flexibility index (Phi) is 3.98. The summed E-state index contributed by atoms with van der Waals surface area (Å²) in [6.07, 6.45) is 0. The average Bonchev–Trinajstić information content (AvgIpc) is 2.51. The van der Waals surface area contributed by atoms with Crippen molar-refractivity contribution in [3.63, 3.8) is 0 Å². The summed E-state index contributed by atoms with van der Waals surface area (Å²) in [7, 11) is 3.33. The van der Waals surface area contributed by atoms with E-state index in [2.05, 4.69) is 10.3 Å². The summed E-state index contributed by atoms with van der Waals surface area (Å²) in [5.74, 6) is -0.174. The maximum Gasteiger partial charge on any atom is 0.253 e. The number of fused-ring (bicyclic) bond motifs is 2. The van der Waals surface area contributed by atoms with Gasteiger partial charge in [0.05, 0.1) is 37.2 Å². The number of hydrogen-bond donors (Lipinski definition) is 2. The number of hydrogen-bond acceptors (Lipinski definition) is 3. The molecule has 0 fully saturated rings. The second-order valence-corrected chi connectivity index (χ2v) is 6.16. The SMILES string of the molecule is C[N+](C)(O)CCNC(=O)c1cccc2cc3ccccc3nc12. The van der Waals surface area contributed by atoms with Gasteiger partial charge in [0, 0.05) is 10.8 Å². The molecule has 0 saturated carbocycles. The molecule has 3 aromatic rings. The molecule has 0 bridgehead atoms. The lowest BCUT2D eigenvalue weighted by Gasteiger charge is -2.19. The van der Waals surface area contributed by atoms with Crippen molar-refractivity contribution in [1.82, 2.24) is 10.3 Å². The summed E-state index contributed by atoms with van der Waals surface area (Å²) in [6, 6.07) is 15.5. The molecule has 23 heavy (non-hydrogen) atoms.